The summed E-state index contributed by atoms with van der Waals surface area (Å²) in [7, 11) is 1.14. The number of ether oxygens (including phenoxy) is 1. The van der Waals surface area contributed by atoms with E-state index < -0.39 is 22.6 Å². The number of esters is 1. The van der Waals surface area contributed by atoms with Crippen molar-refractivity contribution in [3.63, 3.8) is 0 Å². The maximum atomic E-state index is 13.4. The van der Waals surface area contributed by atoms with Gasteiger partial charge in [-0.2, -0.15) is 0 Å². The predicted molar refractivity (Wildman–Crippen MR) is 52.4 cm³/mol. The summed E-state index contributed by atoms with van der Waals surface area (Å²) in [4.78, 5) is 11.0. The first-order chi connectivity index (χ1) is 6.99. The summed E-state index contributed by atoms with van der Waals surface area (Å²) in [5.41, 5.74) is -0.384. The molecule has 0 aliphatic rings. The number of rotatable bonds is 2. The third-order valence-corrected chi connectivity index (χ3v) is 2.14. The molecule has 0 amide bonds. The summed E-state index contributed by atoms with van der Waals surface area (Å²) >= 11 is 5.33. The average Bonchev–Trinajstić information content (AvgIpc) is 2.24. The Morgan fingerprint density at radius 2 is 2.07 bits per heavy atom. The lowest BCUT2D eigenvalue weighted by molar-refractivity contribution is -0.133. The fourth-order valence-corrected chi connectivity index (χ4v) is 1.16. The van der Waals surface area contributed by atoms with Gasteiger partial charge in [-0.15, -0.1) is 0 Å². The van der Waals surface area contributed by atoms with E-state index in [1.54, 1.807) is 0 Å². The molecule has 1 rings (SSSR count). The highest BCUT2D eigenvalue weighted by Gasteiger charge is 2.18. The van der Waals surface area contributed by atoms with E-state index >= 15 is 0 Å². The van der Waals surface area contributed by atoms with Crippen LogP contribution < -0.4 is 0 Å². The Hall–Kier alpha value is -1.42. The molecule has 0 heterocycles. The third kappa shape index (κ3) is 2.15. The van der Waals surface area contributed by atoms with Gasteiger partial charge in [-0.05, 0) is 12.1 Å². The number of carbonyl (C=O) groups excluding carboxylic acids is 1. The van der Waals surface area contributed by atoms with Crippen LogP contribution >= 0.6 is 11.6 Å². The highest BCUT2D eigenvalue weighted by molar-refractivity contribution is 6.31. The minimum absolute atomic E-state index is 0.173. The number of hydrogen-bond acceptors (Lipinski definition) is 2. The Labute approximate surface area is 90.1 Å². The van der Waals surface area contributed by atoms with Gasteiger partial charge in [0.1, 0.15) is 10.8 Å². The zero-order valence-electron chi connectivity index (χ0n) is 7.81. The quantitative estimate of drug-likeness (QED) is 0.445. The van der Waals surface area contributed by atoms with Gasteiger partial charge in [0.05, 0.1) is 12.7 Å². The number of methoxy groups -OCH3 is 1. The van der Waals surface area contributed by atoms with Gasteiger partial charge in [0.2, 0.25) is 0 Å². The molecule has 0 radical (unpaired) electrons. The molecular formula is C10H7ClF2O2. The van der Waals surface area contributed by atoms with Gasteiger partial charge in [-0.25, -0.2) is 13.6 Å². The minimum Gasteiger partial charge on any atom is -0.465 e. The lowest BCUT2D eigenvalue weighted by Crippen LogP contribution is -2.05. The first-order valence-electron chi connectivity index (χ1n) is 3.90. The fraction of sp³-hybridized carbons (Fsp3) is 0.100. The molecule has 1 aromatic rings. The van der Waals surface area contributed by atoms with E-state index in [9.17, 15) is 13.6 Å². The number of benzene rings is 1. The van der Waals surface area contributed by atoms with E-state index in [-0.39, 0.29) is 11.1 Å². The molecule has 0 atom stereocenters. The summed E-state index contributed by atoms with van der Waals surface area (Å²) in [6.07, 6.45) is 0. The molecule has 0 saturated carbocycles. The van der Waals surface area contributed by atoms with Gasteiger partial charge in [-0.3, -0.25) is 0 Å². The molecule has 1 aromatic carbocycles. The van der Waals surface area contributed by atoms with E-state index in [1.165, 1.54) is 0 Å². The molecule has 0 unspecified atom stereocenters. The number of halogens is 3. The molecule has 5 heteroatoms. The van der Waals surface area contributed by atoms with Crippen LogP contribution in [0.2, 0.25) is 5.02 Å². The Morgan fingerprint density at radius 1 is 1.47 bits per heavy atom. The molecule has 0 spiro atoms. The van der Waals surface area contributed by atoms with Crippen molar-refractivity contribution >= 4 is 23.1 Å². The lowest BCUT2D eigenvalue weighted by Gasteiger charge is -2.06. The third-order valence-electron chi connectivity index (χ3n) is 1.79. The molecule has 2 nitrogen and oxygen atoms in total. The van der Waals surface area contributed by atoms with Crippen molar-refractivity contribution in [1.29, 1.82) is 0 Å². The molecular weight excluding hydrogens is 226 g/mol. The van der Waals surface area contributed by atoms with E-state index in [4.69, 9.17) is 11.6 Å². The molecule has 0 N–H and O–H groups in total. The summed E-state index contributed by atoms with van der Waals surface area (Å²) < 4.78 is 30.5. The van der Waals surface area contributed by atoms with E-state index in [0.29, 0.717) is 0 Å². The minimum atomic E-state index is -1.02. The van der Waals surface area contributed by atoms with Gasteiger partial charge in [0, 0.05) is 5.56 Å². The molecule has 0 aromatic heterocycles. The second-order valence-electron chi connectivity index (χ2n) is 2.69. The molecule has 15 heavy (non-hydrogen) atoms. The second kappa shape index (κ2) is 4.40. The molecule has 0 bridgehead atoms. The van der Waals surface area contributed by atoms with Crippen LogP contribution in [0.5, 0.6) is 0 Å². The highest BCUT2D eigenvalue weighted by atomic mass is 35.5. The molecule has 0 saturated heterocycles. The van der Waals surface area contributed by atoms with Gasteiger partial charge >= 0.3 is 5.97 Å². The van der Waals surface area contributed by atoms with Crippen LogP contribution in [0.1, 0.15) is 5.56 Å². The Bertz CT molecular complexity index is 430. The monoisotopic (exact) mass is 232 g/mol. The van der Waals surface area contributed by atoms with E-state index in [0.717, 1.165) is 19.2 Å². The molecule has 0 fully saturated rings. The van der Waals surface area contributed by atoms with Crippen molar-refractivity contribution in [2.45, 2.75) is 0 Å². The normalized spacial score (nSPS) is 9.87. The Morgan fingerprint density at radius 3 is 2.60 bits per heavy atom. The van der Waals surface area contributed by atoms with E-state index in [2.05, 4.69) is 11.3 Å². The van der Waals surface area contributed by atoms with Crippen molar-refractivity contribution in [2.75, 3.05) is 7.11 Å². The standard InChI is InChI=1S/C10H7ClF2O2/c1-5(10(14)15-2)6-3-4-7(12)8(11)9(6)13/h3-4H,1H2,2H3. The van der Waals surface area contributed by atoms with Gasteiger partial charge in [0.15, 0.2) is 5.82 Å². The first kappa shape index (κ1) is 11.7. The van der Waals surface area contributed by atoms with Crippen molar-refractivity contribution in [1.82, 2.24) is 0 Å². The highest BCUT2D eigenvalue weighted by Crippen LogP contribution is 2.26. The van der Waals surface area contributed by atoms with Crippen LogP contribution in [0.25, 0.3) is 5.57 Å². The largest absolute Gasteiger partial charge is 0.465 e. The first-order valence-corrected chi connectivity index (χ1v) is 4.28. The maximum Gasteiger partial charge on any atom is 0.337 e. The average molecular weight is 233 g/mol. The van der Waals surface area contributed by atoms with Crippen LogP contribution in [0.4, 0.5) is 8.78 Å². The summed E-state index contributed by atoms with van der Waals surface area (Å²) in [5.74, 6) is -2.71. The zero-order valence-corrected chi connectivity index (χ0v) is 8.57. The Kier molecular flexibility index (Phi) is 3.42. The van der Waals surface area contributed by atoms with Crippen molar-refractivity contribution in [3.05, 3.63) is 40.9 Å². The molecule has 80 valence electrons. The summed E-state index contributed by atoms with van der Waals surface area (Å²) in [6, 6.07) is 2.03. The zero-order chi connectivity index (χ0) is 11.6. The summed E-state index contributed by atoms with van der Waals surface area (Å²) in [6.45, 7) is 3.33. The van der Waals surface area contributed by atoms with Crippen LogP contribution in [0.3, 0.4) is 0 Å². The smallest absolute Gasteiger partial charge is 0.337 e. The van der Waals surface area contributed by atoms with Crippen molar-refractivity contribution in [3.8, 4) is 0 Å². The molecule has 0 aliphatic heterocycles. The number of hydrogen-bond donors (Lipinski definition) is 0. The topological polar surface area (TPSA) is 26.3 Å². The van der Waals surface area contributed by atoms with Gasteiger partial charge in [-0.1, -0.05) is 18.2 Å². The van der Waals surface area contributed by atoms with Crippen LogP contribution in [-0.4, -0.2) is 13.1 Å². The van der Waals surface area contributed by atoms with Crippen LogP contribution in [0.15, 0.2) is 18.7 Å². The maximum absolute atomic E-state index is 13.4. The second-order valence-corrected chi connectivity index (χ2v) is 3.07. The fourth-order valence-electron chi connectivity index (χ4n) is 0.992. The van der Waals surface area contributed by atoms with Crippen molar-refractivity contribution < 1.29 is 18.3 Å². The SMILES string of the molecule is C=C(C(=O)OC)c1ccc(F)c(Cl)c1F. The van der Waals surface area contributed by atoms with Crippen LogP contribution in [0, 0.1) is 11.6 Å². The van der Waals surface area contributed by atoms with Crippen LogP contribution in [-0.2, 0) is 9.53 Å². The predicted octanol–water partition coefficient (Wildman–Crippen LogP) is 2.80. The van der Waals surface area contributed by atoms with Crippen molar-refractivity contribution in [2.24, 2.45) is 0 Å². The lowest BCUT2D eigenvalue weighted by atomic mass is 10.1. The molecule has 0 aliphatic carbocycles. The summed E-state index contributed by atoms with van der Waals surface area (Å²) in [5, 5.41) is -0.669. The van der Waals surface area contributed by atoms with Gasteiger partial charge < -0.3 is 4.74 Å². The van der Waals surface area contributed by atoms with Gasteiger partial charge in [0.25, 0.3) is 0 Å². The Balaban J connectivity index is 3.22. The van der Waals surface area contributed by atoms with E-state index in [1.807, 2.05) is 0 Å². The number of carbonyl (C=O) groups is 1.